The standard InChI is InChI=1S/C84H164O17P2/c1-7-9-11-13-15-17-19-21-22-23-26-30-37-43-49-55-61-67-82(87)95-73-79(100-83(88)68-62-56-50-44-38-31-27-24-25-29-34-40-46-52-58-64-76(3)4)74-98-102(90,91)96-70-78(85)71-97-103(92,93)99-75-80(72-94-81(86)66-60-54-48-42-36-28-20-18-16-14-12-10-8-2)101-84(89)69-63-57-51-45-39-33-32-35-41-47-53-59-65-77(5)6/h76-80,85H,7-75H2,1-6H3,(H,90,91)(H,92,93)/t78-,79-,80-/m1/s1. The van der Waals surface area contributed by atoms with E-state index in [1.54, 1.807) is 0 Å². The van der Waals surface area contributed by atoms with Crippen molar-refractivity contribution >= 4 is 39.5 Å². The molecule has 0 aromatic heterocycles. The van der Waals surface area contributed by atoms with Gasteiger partial charge in [-0.25, -0.2) is 9.13 Å². The first kappa shape index (κ1) is 101. The molecule has 0 amide bonds. The van der Waals surface area contributed by atoms with Crippen molar-refractivity contribution in [2.75, 3.05) is 39.6 Å². The van der Waals surface area contributed by atoms with Crippen LogP contribution in [-0.4, -0.2) is 96.7 Å². The summed E-state index contributed by atoms with van der Waals surface area (Å²) in [6, 6.07) is 0. The van der Waals surface area contributed by atoms with Crippen LogP contribution in [0.4, 0.5) is 0 Å². The van der Waals surface area contributed by atoms with Gasteiger partial charge in [-0.1, -0.05) is 395 Å². The van der Waals surface area contributed by atoms with Crippen LogP contribution >= 0.6 is 15.6 Å². The van der Waals surface area contributed by atoms with E-state index in [4.69, 9.17) is 37.0 Å². The van der Waals surface area contributed by atoms with Crippen molar-refractivity contribution in [3.05, 3.63) is 0 Å². The maximum absolute atomic E-state index is 13.1. The highest BCUT2D eigenvalue weighted by molar-refractivity contribution is 7.47. The molecule has 3 N–H and O–H groups in total. The molecule has 5 atom stereocenters. The first-order chi connectivity index (χ1) is 49.9. The smallest absolute Gasteiger partial charge is 0.462 e. The van der Waals surface area contributed by atoms with Crippen molar-refractivity contribution in [3.8, 4) is 0 Å². The minimum absolute atomic E-state index is 0.108. The monoisotopic (exact) mass is 1510 g/mol. The Balaban J connectivity index is 5.27. The zero-order chi connectivity index (χ0) is 75.6. The fourth-order valence-corrected chi connectivity index (χ4v) is 14.6. The number of ether oxygens (including phenoxy) is 4. The summed E-state index contributed by atoms with van der Waals surface area (Å²) in [6.07, 6.45) is 66.4. The van der Waals surface area contributed by atoms with Gasteiger partial charge in [0.25, 0.3) is 0 Å². The summed E-state index contributed by atoms with van der Waals surface area (Å²) >= 11 is 0. The molecule has 0 aromatic carbocycles. The van der Waals surface area contributed by atoms with Gasteiger partial charge in [0.1, 0.15) is 19.3 Å². The van der Waals surface area contributed by atoms with E-state index in [1.165, 1.54) is 263 Å². The van der Waals surface area contributed by atoms with Gasteiger partial charge in [-0.05, 0) is 37.5 Å². The molecule has 17 nitrogen and oxygen atoms in total. The van der Waals surface area contributed by atoms with E-state index in [1.807, 2.05) is 0 Å². The molecule has 0 aromatic rings. The third-order valence-electron chi connectivity index (χ3n) is 19.7. The summed E-state index contributed by atoms with van der Waals surface area (Å²) in [7, 11) is -9.93. The predicted molar refractivity (Wildman–Crippen MR) is 423 cm³/mol. The van der Waals surface area contributed by atoms with Gasteiger partial charge in [0.15, 0.2) is 12.2 Å². The van der Waals surface area contributed by atoms with Crippen LogP contribution < -0.4 is 0 Å². The van der Waals surface area contributed by atoms with Crippen LogP contribution in [-0.2, 0) is 65.4 Å². The minimum atomic E-state index is -4.96. The fourth-order valence-electron chi connectivity index (χ4n) is 13.1. The molecule has 0 saturated heterocycles. The number of aliphatic hydroxyl groups is 1. The zero-order valence-electron chi connectivity index (χ0n) is 67.6. The largest absolute Gasteiger partial charge is 0.472 e. The molecular formula is C84H164O17P2. The second kappa shape index (κ2) is 75.5. The van der Waals surface area contributed by atoms with Gasteiger partial charge in [-0.3, -0.25) is 37.3 Å². The van der Waals surface area contributed by atoms with E-state index in [9.17, 15) is 43.2 Å². The molecule has 0 aliphatic rings. The second-order valence-electron chi connectivity index (χ2n) is 31.2. The Morgan fingerprint density at radius 2 is 0.447 bits per heavy atom. The molecule has 2 unspecified atom stereocenters. The van der Waals surface area contributed by atoms with Crippen molar-refractivity contribution in [2.24, 2.45) is 11.8 Å². The summed E-state index contributed by atoms with van der Waals surface area (Å²) < 4.78 is 68.9. The average Bonchev–Trinajstić information content (AvgIpc) is 0.916. The Hall–Kier alpha value is -1.94. The molecule has 0 radical (unpaired) electrons. The Morgan fingerprint density at radius 1 is 0.262 bits per heavy atom. The Bertz CT molecular complexity index is 1980. The fraction of sp³-hybridized carbons (Fsp3) is 0.952. The van der Waals surface area contributed by atoms with Crippen LogP contribution in [0.3, 0.4) is 0 Å². The van der Waals surface area contributed by atoms with Crippen molar-refractivity contribution in [1.82, 2.24) is 0 Å². The van der Waals surface area contributed by atoms with Gasteiger partial charge < -0.3 is 33.8 Å². The quantitative estimate of drug-likeness (QED) is 0.0222. The molecular weight excluding hydrogens is 1340 g/mol. The number of rotatable bonds is 83. The number of aliphatic hydroxyl groups excluding tert-OH is 1. The summed E-state index contributed by atoms with van der Waals surface area (Å²) in [6.45, 7) is 9.70. The molecule has 0 rings (SSSR count). The summed E-state index contributed by atoms with van der Waals surface area (Å²) in [5.41, 5.74) is 0. The Kier molecular flexibility index (Phi) is 74.1. The maximum Gasteiger partial charge on any atom is 0.472 e. The molecule has 0 bridgehead atoms. The lowest BCUT2D eigenvalue weighted by Crippen LogP contribution is -2.30. The van der Waals surface area contributed by atoms with Crippen LogP contribution in [0.5, 0.6) is 0 Å². The highest BCUT2D eigenvalue weighted by Gasteiger charge is 2.30. The van der Waals surface area contributed by atoms with Crippen LogP contribution in [0.1, 0.15) is 446 Å². The Morgan fingerprint density at radius 3 is 0.660 bits per heavy atom. The first-order valence-electron chi connectivity index (χ1n) is 43.5. The minimum Gasteiger partial charge on any atom is -0.462 e. The molecule has 0 saturated carbocycles. The van der Waals surface area contributed by atoms with Crippen LogP contribution in [0, 0.1) is 11.8 Å². The van der Waals surface area contributed by atoms with E-state index >= 15 is 0 Å². The average molecular weight is 1510 g/mol. The first-order valence-corrected chi connectivity index (χ1v) is 46.5. The van der Waals surface area contributed by atoms with Crippen LogP contribution in [0.2, 0.25) is 0 Å². The third-order valence-corrected chi connectivity index (χ3v) is 21.6. The highest BCUT2D eigenvalue weighted by atomic mass is 31.2. The Labute approximate surface area is 632 Å². The molecule has 0 aliphatic carbocycles. The van der Waals surface area contributed by atoms with E-state index in [0.717, 1.165) is 102 Å². The number of esters is 4. The summed E-state index contributed by atoms with van der Waals surface area (Å²) in [5.74, 6) is -0.522. The van der Waals surface area contributed by atoms with Crippen LogP contribution in [0.25, 0.3) is 0 Å². The zero-order valence-corrected chi connectivity index (χ0v) is 69.4. The summed E-state index contributed by atoms with van der Waals surface area (Å²) in [4.78, 5) is 73.2. The third kappa shape index (κ3) is 78.0. The molecule has 19 heteroatoms. The van der Waals surface area contributed by atoms with E-state index in [-0.39, 0.29) is 25.7 Å². The number of phosphoric ester groups is 2. The topological polar surface area (TPSA) is 237 Å². The lowest BCUT2D eigenvalue weighted by atomic mass is 10.0. The lowest BCUT2D eigenvalue weighted by Gasteiger charge is -2.21. The number of phosphoric acid groups is 2. The van der Waals surface area contributed by atoms with Gasteiger partial charge >= 0.3 is 39.5 Å². The van der Waals surface area contributed by atoms with Crippen molar-refractivity contribution in [3.63, 3.8) is 0 Å². The molecule has 0 fully saturated rings. The highest BCUT2D eigenvalue weighted by Crippen LogP contribution is 2.45. The predicted octanol–water partition coefficient (Wildman–Crippen LogP) is 25.5. The van der Waals surface area contributed by atoms with Crippen molar-refractivity contribution in [2.45, 2.75) is 464 Å². The normalized spacial score (nSPS) is 13.9. The SMILES string of the molecule is CCCCCCCCCCCCCCCCCCCC(=O)OC[C@H](COP(=O)(O)OC[C@@H](O)COP(=O)(O)OC[C@@H](COC(=O)CCCCCCCCCCCCCCC)OC(=O)CCCCCCCCCCCCCCC(C)C)OC(=O)CCCCCCCCCCCCCCCCCC(C)C. The van der Waals surface area contributed by atoms with E-state index in [0.29, 0.717) is 25.7 Å². The molecule has 612 valence electrons. The summed E-state index contributed by atoms with van der Waals surface area (Å²) in [5, 5.41) is 10.7. The number of carbonyl (C=O) groups is 4. The van der Waals surface area contributed by atoms with Crippen molar-refractivity contribution in [1.29, 1.82) is 0 Å². The van der Waals surface area contributed by atoms with Gasteiger partial charge in [0, 0.05) is 25.7 Å². The second-order valence-corrected chi connectivity index (χ2v) is 34.1. The maximum atomic E-state index is 13.1. The van der Waals surface area contributed by atoms with Crippen molar-refractivity contribution < 1.29 is 80.2 Å². The van der Waals surface area contributed by atoms with E-state index in [2.05, 4.69) is 41.5 Å². The number of hydrogen-bond acceptors (Lipinski definition) is 15. The molecule has 0 heterocycles. The van der Waals surface area contributed by atoms with E-state index < -0.39 is 97.5 Å². The van der Waals surface area contributed by atoms with Gasteiger partial charge in [-0.2, -0.15) is 0 Å². The molecule has 103 heavy (non-hydrogen) atoms. The number of unbranched alkanes of at least 4 members (excludes halogenated alkanes) is 53. The molecule has 0 aliphatic heterocycles. The van der Waals surface area contributed by atoms with Gasteiger partial charge in [0.05, 0.1) is 26.4 Å². The van der Waals surface area contributed by atoms with Gasteiger partial charge in [-0.15, -0.1) is 0 Å². The number of hydrogen-bond donors (Lipinski definition) is 3. The van der Waals surface area contributed by atoms with Gasteiger partial charge in [0.2, 0.25) is 0 Å². The number of carbonyl (C=O) groups excluding carboxylic acids is 4. The lowest BCUT2D eigenvalue weighted by molar-refractivity contribution is -0.161. The van der Waals surface area contributed by atoms with Crippen LogP contribution in [0.15, 0.2) is 0 Å². The molecule has 0 spiro atoms.